The summed E-state index contributed by atoms with van der Waals surface area (Å²) in [5.74, 6) is 2.58. The van der Waals surface area contributed by atoms with Crippen LogP contribution in [0.1, 0.15) is 98.3 Å². The van der Waals surface area contributed by atoms with Gasteiger partial charge in [0.05, 0.1) is 25.5 Å². The number of allylic oxidation sites excluding steroid dienone is 3. The molecule has 8 heteroatoms. The molecule has 3 heterocycles. The lowest BCUT2D eigenvalue weighted by atomic mass is 9.82. The maximum atomic E-state index is 12.9. The second kappa shape index (κ2) is 18.0. The molecular weight excluding hydrogens is 536 g/mol. The molecule has 43 heavy (non-hydrogen) atoms. The Kier molecular flexibility index (Phi) is 14.5. The number of nitrogens with one attached hydrogen (secondary N) is 4. The number of carbonyl (C=O) groups is 1. The minimum Gasteiger partial charge on any atom is -0.379 e. The highest BCUT2D eigenvalue weighted by Gasteiger charge is 2.34. The van der Waals surface area contributed by atoms with Crippen LogP contribution in [-0.2, 0) is 9.53 Å². The Morgan fingerprint density at radius 3 is 2.67 bits per heavy atom. The zero-order chi connectivity index (χ0) is 30.6. The smallest absolute Gasteiger partial charge is 0.223 e. The van der Waals surface area contributed by atoms with Crippen LogP contribution in [0.5, 0.6) is 0 Å². The number of piperidine rings is 2. The number of morpholine rings is 1. The van der Waals surface area contributed by atoms with Gasteiger partial charge in [0.25, 0.3) is 0 Å². The molecule has 1 amide bonds. The lowest BCUT2D eigenvalue weighted by Gasteiger charge is -2.40. The van der Waals surface area contributed by atoms with Gasteiger partial charge in [-0.2, -0.15) is 0 Å². The van der Waals surface area contributed by atoms with Gasteiger partial charge in [-0.1, -0.05) is 38.0 Å². The zero-order valence-corrected chi connectivity index (χ0v) is 27.8. The largest absolute Gasteiger partial charge is 0.379 e. The third-order valence-corrected chi connectivity index (χ3v) is 10.6. The number of amides is 1. The lowest BCUT2D eigenvalue weighted by molar-refractivity contribution is -0.128. The Bertz CT molecular complexity index is 895. The van der Waals surface area contributed by atoms with Gasteiger partial charge in [0.2, 0.25) is 5.91 Å². The molecule has 0 radical (unpaired) electrons. The highest BCUT2D eigenvalue weighted by atomic mass is 16.5. The van der Waals surface area contributed by atoms with Crippen LogP contribution in [0.2, 0.25) is 0 Å². The van der Waals surface area contributed by atoms with E-state index in [0.29, 0.717) is 18.1 Å². The van der Waals surface area contributed by atoms with Crippen molar-refractivity contribution in [1.82, 2.24) is 26.2 Å². The standard InChI is InChI=1S/C19H37N5O2.C16H27N/c1-13-3-4-16(12-17(13)22-14(2)20)23-19(25)15-5-6-21-18(11-15)24-7-9-26-10-8-24;1-3-6-14-7-4-8-15(11-13(14)2)16-9-5-10-17-12-16/h13-18,21-22H,3-12,20H2,1-2H3,(H,23,25);8,11,14,16-17H,3-7,9-10,12H2,1-2H3. The number of hydrogen-bond acceptors (Lipinski definition) is 7. The van der Waals surface area contributed by atoms with Crippen molar-refractivity contribution in [2.75, 3.05) is 45.9 Å². The van der Waals surface area contributed by atoms with Crippen LogP contribution in [-0.4, -0.2) is 81.2 Å². The van der Waals surface area contributed by atoms with Crippen molar-refractivity contribution < 1.29 is 9.53 Å². The normalized spacial score (nSPS) is 35.0. The molecular formula is C35H64N6O2. The van der Waals surface area contributed by atoms with Crippen molar-refractivity contribution >= 4 is 5.91 Å². The topological polar surface area (TPSA) is 104 Å². The van der Waals surface area contributed by atoms with E-state index in [1.54, 1.807) is 11.1 Å². The summed E-state index contributed by atoms with van der Waals surface area (Å²) in [5.41, 5.74) is 9.16. The molecule has 0 bridgehead atoms. The van der Waals surface area contributed by atoms with Crippen molar-refractivity contribution in [3.05, 3.63) is 23.3 Å². The Balaban J connectivity index is 0.000000215. The van der Waals surface area contributed by atoms with Gasteiger partial charge < -0.3 is 26.4 Å². The van der Waals surface area contributed by atoms with Crippen LogP contribution < -0.4 is 27.0 Å². The van der Waals surface area contributed by atoms with E-state index >= 15 is 0 Å². The van der Waals surface area contributed by atoms with Crippen LogP contribution in [0.3, 0.4) is 0 Å². The van der Waals surface area contributed by atoms with E-state index in [0.717, 1.165) is 76.8 Å². The van der Waals surface area contributed by atoms with Gasteiger partial charge in [-0.25, -0.2) is 0 Å². The van der Waals surface area contributed by atoms with Crippen molar-refractivity contribution in [2.24, 2.45) is 29.4 Å². The predicted octanol–water partition coefficient (Wildman–Crippen LogP) is 4.28. The summed E-state index contributed by atoms with van der Waals surface area (Å²) in [7, 11) is 0. The molecule has 8 unspecified atom stereocenters. The molecule has 8 atom stereocenters. The average molecular weight is 601 g/mol. The number of carbonyl (C=O) groups excluding carboxylic acids is 1. The number of hydrogen-bond donors (Lipinski definition) is 5. The van der Waals surface area contributed by atoms with Gasteiger partial charge in [0.15, 0.2) is 0 Å². The van der Waals surface area contributed by atoms with Crippen LogP contribution in [0.4, 0.5) is 0 Å². The number of rotatable bonds is 8. The summed E-state index contributed by atoms with van der Waals surface area (Å²) in [6, 6.07) is 0.662. The van der Waals surface area contributed by atoms with E-state index in [-0.39, 0.29) is 24.0 Å². The molecule has 246 valence electrons. The minimum absolute atomic E-state index is 0.00407. The molecule has 8 nitrogen and oxygen atoms in total. The zero-order valence-electron chi connectivity index (χ0n) is 27.8. The van der Waals surface area contributed by atoms with Gasteiger partial charge in [-0.05, 0) is 114 Å². The molecule has 5 aliphatic rings. The Morgan fingerprint density at radius 1 is 1.14 bits per heavy atom. The molecule has 2 aliphatic carbocycles. The molecule has 0 aromatic carbocycles. The van der Waals surface area contributed by atoms with Gasteiger partial charge in [0, 0.05) is 37.6 Å². The Hall–Kier alpha value is -1.29. The summed E-state index contributed by atoms with van der Waals surface area (Å²) >= 11 is 0. The fraction of sp³-hybridized carbons (Fsp3) is 0.857. The highest BCUT2D eigenvalue weighted by Crippen LogP contribution is 2.31. The van der Waals surface area contributed by atoms with Crippen LogP contribution in [0.25, 0.3) is 0 Å². The van der Waals surface area contributed by atoms with Gasteiger partial charge in [-0.3, -0.25) is 15.0 Å². The molecule has 3 aliphatic heterocycles. The van der Waals surface area contributed by atoms with Gasteiger partial charge in [0.1, 0.15) is 0 Å². The molecule has 0 aromatic rings. The van der Waals surface area contributed by atoms with E-state index < -0.39 is 0 Å². The summed E-state index contributed by atoms with van der Waals surface area (Å²) in [6.45, 7) is 15.7. The molecule has 6 N–H and O–H groups in total. The number of nitrogens with two attached hydrogens (primary N) is 1. The average Bonchev–Trinajstić information content (AvgIpc) is 3.21. The van der Waals surface area contributed by atoms with Crippen molar-refractivity contribution in [3.8, 4) is 0 Å². The van der Waals surface area contributed by atoms with E-state index in [4.69, 9.17) is 10.5 Å². The van der Waals surface area contributed by atoms with E-state index in [1.165, 1.54) is 51.6 Å². The van der Waals surface area contributed by atoms with Crippen molar-refractivity contribution in [2.45, 2.75) is 123 Å². The minimum atomic E-state index is -0.00407. The summed E-state index contributed by atoms with van der Waals surface area (Å²) in [6.07, 6.45) is 18.4. The monoisotopic (exact) mass is 601 g/mol. The Morgan fingerprint density at radius 2 is 1.95 bits per heavy atom. The maximum Gasteiger partial charge on any atom is 0.223 e. The lowest BCUT2D eigenvalue weighted by Crippen LogP contribution is -2.56. The van der Waals surface area contributed by atoms with Gasteiger partial charge >= 0.3 is 0 Å². The van der Waals surface area contributed by atoms with Crippen LogP contribution in [0, 0.1) is 23.7 Å². The molecule has 5 rings (SSSR count). The van der Waals surface area contributed by atoms with E-state index in [2.05, 4.69) is 59.1 Å². The third kappa shape index (κ3) is 10.9. The first-order chi connectivity index (χ1) is 20.8. The van der Waals surface area contributed by atoms with Crippen LogP contribution >= 0.6 is 0 Å². The highest BCUT2D eigenvalue weighted by molar-refractivity contribution is 5.79. The maximum absolute atomic E-state index is 12.9. The first kappa shape index (κ1) is 34.6. The first-order valence-corrected chi connectivity index (χ1v) is 17.8. The fourth-order valence-electron chi connectivity index (χ4n) is 7.90. The molecule has 4 fully saturated rings. The summed E-state index contributed by atoms with van der Waals surface area (Å²) in [4.78, 5) is 15.3. The van der Waals surface area contributed by atoms with Crippen molar-refractivity contribution in [1.29, 1.82) is 0 Å². The molecule has 0 aromatic heterocycles. The molecule has 1 saturated carbocycles. The quantitative estimate of drug-likeness (QED) is 0.265. The predicted molar refractivity (Wildman–Crippen MR) is 177 cm³/mol. The van der Waals surface area contributed by atoms with E-state index in [1.807, 2.05) is 6.92 Å². The second-order valence-electron chi connectivity index (χ2n) is 14.1. The van der Waals surface area contributed by atoms with Crippen LogP contribution in [0.15, 0.2) is 23.3 Å². The van der Waals surface area contributed by atoms with E-state index in [9.17, 15) is 4.79 Å². The third-order valence-electron chi connectivity index (χ3n) is 10.6. The summed E-state index contributed by atoms with van der Waals surface area (Å²) < 4.78 is 5.45. The Labute approximate surface area is 262 Å². The molecule has 3 saturated heterocycles. The SMILES string of the molecule is CC(N)NC1CC(NC(=O)C2CCNC(N3CCOCC3)C2)CCC1C.CCCC1CCC=C(C2CCCNC2)C=C1C. The summed E-state index contributed by atoms with van der Waals surface area (Å²) in [5, 5.41) is 13.9. The van der Waals surface area contributed by atoms with Crippen molar-refractivity contribution in [3.63, 3.8) is 0 Å². The first-order valence-electron chi connectivity index (χ1n) is 17.8. The second-order valence-corrected chi connectivity index (χ2v) is 14.1. The molecule has 0 spiro atoms. The number of ether oxygens (including phenoxy) is 1. The fourth-order valence-corrected chi connectivity index (χ4v) is 7.90. The number of nitrogens with zero attached hydrogens (tertiary/aromatic N) is 1. The van der Waals surface area contributed by atoms with Gasteiger partial charge in [-0.15, -0.1) is 0 Å².